The van der Waals surface area contributed by atoms with Gasteiger partial charge in [0.05, 0.1) is 22.4 Å². The molecule has 21 heavy (non-hydrogen) atoms. The lowest BCUT2D eigenvalue weighted by Crippen LogP contribution is -2.12. The van der Waals surface area contributed by atoms with Crippen molar-refractivity contribution in [2.75, 3.05) is 0 Å². The van der Waals surface area contributed by atoms with Gasteiger partial charge >= 0.3 is 5.69 Å². The Kier molecular flexibility index (Phi) is 3.09. The molecule has 3 aromatic rings. The van der Waals surface area contributed by atoms with Gasteiger partial charge in [0.2, 0.25) is 0 Å². The molecule has 1 aromatic carbocycles. The summed E-state index contributed by atoms with van der Waals surface area (Å²) >= 11 is 0. The number of benzene rings is 1. The third-order valence-electron chi connectivity index (χ3n) is 3.11. The molecule has 7 heteroatoms. The summed E-state index contributed by atoms with van der Waals surface area (Å²) in [6, 6.07) is 5.61. The van der Waals surface area contributed by atoms with Crippen molar-refractivity contribution in [1.29, 1.82) is 0 Å². The standard InChI is InChI=1S/C14H14N6O/c1-7-13(8(2)16-14(21)15-7)20-19-10-4-5-11-12(6-10)18-9(3)17-11/h4-6H,1-3H3,(H,17,18)(H,15,16,21). The third-order valence-corrected chi connectivity index (χ3v) is 3.11. The lowest BCUT2D eigenvalue weighted by molar-refractivity contribution is 0.971. The van der Waals surface area contributed by atoms with Gasteiger partial charge in [-0.15, -0.1) is 5.11 Å². The molecule has 0 saturated carbocycles. The number of aromatic amines is 2. The number of aromatic nitrogens is 4. The Morgan fingerprint density at radius 1 is 1.05 bits per heavy atom. The zero-order valence-electron chi connectivity index (χ0n) is 11.9. The normalized spacial score (nSPS) is 11.6. The van der Waals surface area contributed by atoms with Crippen molar-refractivity contribution in [3.63, 3.8) is 0 Å². The van der Waals surface area contributed by atoms with Gasteiger partial charge < -0.3 is 9.97 Å². The maximum atomic E-state index is 11.2. The van der Waals surface area contributed by atoms with Crippen LogP contribution in [0.15, 0.2) is 33.2 Å². The summed E-state index contributed by atoms with van der Waals surface area (Å²) in [5.41, 5.74) is 3.92. The number of imidazole rings is 1. The molecule has 0 fully saturated rings. The van der Waals surface area contributed by atoms with Crippen LogP contribution in [0.5, 0.6) is 0 Å². The molecule has 2 aromatic heterocycles. The van der Waals surface area contributed by atoms with E-state index in [2.05, 4.69) is 30.2 Å². The first-order valence-electron chi connectivity index (χ1n) is 6.48. The second-order valence-electron chi connectivity index (χ2n) is 4.82. The van der Waals surface area contributed by atoms with Crippen LogP contribution in [0.2, 0.25) is 0 Å². The molecule has 0 spiro atoms. The number of H-pyrrole nitrogens is 2. The van der Waals surface area contributed by atoms with E-state index in [0.717, 1.165) is 16.9 Å². The Hall–Kier alpha value is -2.83. The number of nitrogens with zero attached hydrogens (tertiary/aromatic N) is 4. The number of hydrogen-bond acceptors (Lipinski definition) is 5. The molecule has 0 unspecified atom stereocenters. The number of rotatable bonds is 2. The molecule has 0 saturated heterocycles. The summed E-state index contributed by atoms with van der Waals surface area (Å²) in [5, 5.41) is 8.39. The molecule has 0 aliphatic rings. The first kappa shape index (κ1) is 13.2. The lowest BCUT2D eigenvalue weighted by atomic mass is 10.3. The number of aryl methyl sites for hydroxylation is 3. The Morgan fingerprint density at radius 2 is 1.86 bits per heavy atom. The van der Waals surface area contributed by atoms with Crippen molar-refractivity contribution >= 4 is 22.4 Å². The minimum Gasteiger partial charge on any atom is -0.342 e. The molecule has 0 amide bonds. The highest BCUT2D eigenvalue weighted by molar-refractivity contribution is 5.78. The van der Waals surface area contributed by atoms with Crippen molar-refractivity contribution < 1.29 is 0 Å². The van der Waals surface area contributed by atoms with E-state index in [0.29, 0.717) is 22.8 Å². The summed E-state index contributed by atoms with van der Waals surface area (Å²) in [7, 11) is 0. The average Bonchev–Trinajstić information content (AvgIpc) is 2.76. The van der Waals surface area contributed by atoms with E-state index in [1.54, 1.807) is 13.8 Å². The first-order chi connectivity index (χ1) is 10.0. The highest BCUT2D eigenvalue weighted by Crippen LogP contribution is 2.24. The Morgan fingerprint density at radius 3 is 2.62 bits per heavy atom. The summed E-state index contributed by atoms with van der Waals surface area (Å²) in [5.74, 6) is 0.857. The van der Waals surface area contributed by atoms with Crippen LogP contribution in [0.3, 0.4) is 0 Å². The van der Waals surface area contributed by atoms with E-state index in [1.165, 1.54) is 0 Å². The second-order valence-corrected chi connectivity index (χ2v) is 4.82. The maximum absolute atomic E-state index is 11.2. The molecule has 106 valence electrons. The molecule has 0 bridgehead atoms. The zero-order valence-corrected chi connectivity index (χ0v) is 11.9. The summed E-state index contributed by atoms with van der Waals surface area (Å²) in [6.07, 6.45) is 0. The first-order valence-corrected chi connectivity index (χ1v) is 6.48. The van der Waals surface area contributed by atoms with Gasteiger partial charge in [-0.05, 0) is 39.0 Å². The molecule has 0 radical (unpaired) electrons. The molecule has 3 rings (SSSR count). The van der Waals surface area contributed by atoms with Crippen LogP contribution < -0.4 is 5.69 Å². The minimum atomic E-state index is -0.377. The molecule has 0 aliphatic carbocycles. The highest BCUT2D eigenvalue weighted by atomic mass is 16.1. The SMILES string of the molecule is Cc1nc2ccc(N=Nc3c(C)nc(=O)[nH]c3C)cc2[nH]1. The molecule has 2 N–H and O–H groups in total. The van der Waals surface area contributed by atoms with Crippen LogP contribution >= 0.6 is 0 Å². The molecule has 0 atom stereocenters. The van der Waals surface area contributed by atoms with E-state index in [-0.39, 0.29) is 5.69 Å². The van der Waals surface area contributed by atoms with E-state index in [4.69, 9.17) is 0 Å². The predicted octanol–water partition coefficient (Wildman–Crippen LogP) is 2.99. The monoisotopic (exact) mass is 282 g/mol. The Labute approximate surface area is 120 Å². The van der Waals surface area contributed by atoms with Gasteiger partial charge in [-0.2, -0.15) is 10.1 Å². The number of hydrogen-bond donors (Lipinski definition) is 2. The average molecular weight is 282 g/mol. The van der Waals surface area contributed by atoms with Gasteiger partial charge in [-0.25, -0.2) is 9.78 Å². The molecule has 2 heterocycles. The predicted molar refractivity (Wildman–Crippen MR) is 79.3 cm³/mol. The number of fused-ring (bicyclic) bond motifs is 1. The van der Waals surface area contributed by atoms with Gasteiger partial charge in [0.1, 0.15) is 11.5 Å². The summed E-state index contributed by atoms with van der Waals surface area (Å²) in [4.78, 5) is 25.2. The Balaban J connectivity index is 1.99. The quantitative estimate of drug-likeness (QED) is 0.707. The Bertz CT molecular complexity index is 879. The van der Waals surface area contributed by atoms with Crippen LogP contribution in [0.1, 0.15) is 17.2 Å². The van der Waals surface area contributed by atoms with Gasteiger partial charge in [0.15, 0.2) is 0 Å². The molecular weight excluding hydrogens is 268 g/mol. The van der Waals surface area contributed by atoms with Gasteiger partial charge in [0.25, 0.3) is 0 Å². The lowest BCUT2D eigenvalue weighted by Gasteiger charge is -2.01. The van der Waals surface area contributed by atoms with Gasteiger partial charge in [-0.1, -0.05) is 0 Å². The van der Waals surface area contributed by atoms with Crippen molar-refractivity contribution in [3.05, 3.63) is 45.9 Å². The van der Waals surface area contributed by atoms with E-state index < -0.39 is 0 Å². The van der Waals surface area contributed by atoms with E-state index in [1.807, 2.05) is 25.1 Å². The van der Waals surface area contributed by atoms with E-state index in [9.17, 15) is 4.79 Å². The van der Waals surface area contributed by atoms with Crippen LogP contribution in [0.25, 0.3) is 11.0 Å². The van der Waals surface area contributed by atoms with Crippen molar-refractivity contribution in [2.45, 2.75) is 20.8 Å². The molecular formula is C14H14N6O. The second kappa shape index (κ2) is 4.93. The maximum Gasteiger partial charge on any atom is 0.345 e. The number of azo groups is 1. The van der Waals surface area contributed by atoms with Gasteiger partial charge in [-0.3, -0.25) is 0 Å². The zero-order chi connectivity index (χ0) is 15.0. The van der Waals surface area contributed by atoms with Crippen LogP contribution in [-0.4, -0.2) is 19.9 Å². The largest absolute Gasteiger partial charge is 0.345 e. The van der Waals surface area contributed by atoms with Crippen molar-refractivity contribution in [1.82, 2.24) is 19.9 Å². The topological polar surface area (TPSA) is 99.1 Å². The van der Waals surface area contributed by atoms with E-state index >= 15 is 0 Å². The highest BCUT2D eigenvalue weighted by Gasteiger charge is 2.05. The summed E-state index contributed by atoms with van der Waals surface area (Å²) in [6.45, 7) is 5.41. The number of nitrogens with one attached hydrogen (secondary N) is 2. The third kappa shape index (κ3) is 2.58. The van der Waals surface area contributed by atoms with Gasteiger partial charge in [0, 0.05) is 5.69 Å². The fraction of sp³-hybridized carbons (Fsp3) is 0.214. The van der Waals surface area contributed by atoms with Crippen LogP contribution in [-0.2, 0) is 0 Å². The fourth-order valence-electron chi connectivity index (χ4n) is 2.17. The smallest absolute Gasteiger partial charge is 0.342 e. The molecule has 7 nitrogen and oxygen atoms in total. The van der Waals surface area contributed by atoms with Crippen molar-refractivity contribution in [2.24, 2.45) is 10.2 Å². The van der Waals surface area contributed by atoms with Crippen LogP contribution in [0, 0.1) is 20.8 Å². The van der Waals surface area contributed by atoms with Crippen molar-refractivity contribution in [3.8, 4) is 0 Å². The minimum absolute atomic E-state index is 0.377. The summed E-state index contributed by atoms with van der Waals surface area (Å²) < 4.78 is 0. The fourth-order valence-corrected chi connectivity index (χ4v) is 2.17. The van der Waals surface area contributed by atoms with Crippen LogP contribution in [0.4, 0.5) is 11.4 Å². The molecule has 0 aliphatic heterocycles.